The Kier molecular flexibility index (Phi) is 8.49. The second kappa shape index (κ2) is 12.6. The molecule has 0 aliphatic carbocycles. The van der Waals surface area contributed by atoms with Crippen molar-refractivity contribution in [2.75, 3.05) is 30.8 Å². The van der Waals surface area contributed by atoms with Gasteiger partial charge >= 0.3 is 6.03 Å². The van der Waals surface area contributed by atoms with Crippen molar-refractivity contribution in [3.8, 4) is 5.75 Å². The second-order valence-electron chi connectivity index (χ2n) is 12.4. The van der Waals surface area contributed by atoms with E-state index in [1.54, 1.807) is 57.7 Å². The Labute approximate surface area is 274 Å². The molecule has 47 heavy (non-hydrogen) atoms. The molecule has 5 aromatic rings. The summed E-state index contributed by atoms with van der Waals surface area (Å²) >= 11 is 6.51. The molecule has 1 saturated heterocycles. The molecule has 1 fully saturated rings. The highest BCUT2D eigenvalue weighted by atomic mass is 35.5. The summed E-state index contributed by atoms with van der Waals surface area (Å²) in [5, 5.41) is 18.0. The number of piperidine rings is 1. The van der Waals surface area contributed by atoms with Crippen molar-refractivity contribution in [1.29, 1.82) is 0 Å². The van der Waals surface area contributed by atoms with Gasteiger partial charge in [-0.15, -0.1) is 0 Å². The number of methoxy groups -OCH3 is 1. The van der Waals surface area contributed by atoms with E-state index >= 15 is 0 Å². The summed E-state index contributed by atoms with van der Waals surface area (Å²) in [5.41, 5.74) is 1.96. The number of nitrogens with zero attached hydrogens (tertiary/aromatic N) is 5. The van der Waals surface area contributed by atoms with Gasteiger partial charge in [0.05, 0.1) is 52.9 Å². The maximum absolute atomic E-state index is 14.4. The standard InChI is InChI=1S/C33H34ClFN8O4/c1-33(2,3)39-32(46)41-13-11-21(12-14-41)43-28-9-5-19(35)15-23(28)29(40-43)31(45)37-20-6-8-26(25(34)16-20)38-30(44)24-17-36-42-18-22(47-4)7-10-27(24)42/h5-10,15-18,21H,11-14H2,1-4H3,(H,37,45)(H,38,44)(H,39,46). The van der Waals surface area contributed by atoms with E-state index in [1.807, 2.05) is 20.8 Å². The number of likely N-dealkylation sites (tertiary alicyclic amines) is 1. The Hall–Kier alpha value is -5.17. The van der Waals surface area contributed by atoms with Gasteiger partial charge in [0, 0.05) is 29.7 Å². The lowest BCUT2D eigenvalue weighted by molar-refractivity contribution is 0.101. The van der Waals surface area contributed by atoms with E-state index in [9.17, 15) is 18.8 Å². The molecule has 0 saturated carbocycles. The van der Waals surface area contributed by atoms with Crippen LogP contribution in [0.1, 0.15) is 60.5 Å². The molecule has 4 heterocycles. The van der Waals surface area contributed by atoms with Crippen molar-refractivity contribution in [2.24, 2.45) is 0 Å². The number of hydrogen-bond acceptors (Lipinski definition) is 6. The van der Waals surface area contributed by atoms with Gasteiger partial charge in [0.15, 0.2) is 5.69 Å². The van der Waals surface area contributed by atoms with Gasteiger partial charge in [-0.2, -0.15) is 10.2 Å². The number of anilines is 2. The van der Waals surface area contributed by atoms with Crippen molar-refractivity contribution in [2.45, 2.75) is 45.2 Å². The zero-order chi connectivity index (χ0) is 33.5. The quantitative estimate of drug-likeness (QED) is 0.200. The third-order valence-corrected chi connectivity index (χ3v) is 8.22. The van der Waals surface area contributed by atoms with E-state index in [4.69, 9.17) is 16.3 Å². The van der Waals surface area contributed by atoms with Crippen molar-refractivity contribution in [1.82, 2.24) is 29.6 Å². The fraction of sp³-hybridized carbons (Fsp3) is 0.303. The molecule has 12 nitrogen and oxygen atoms in total. The zero-order valence-corrected chi connectivity index (χ0v) is 27.1. The first-order chi connectivity index (χ1) is 22.4. The van der Waals surface area contributed by atoms with E-state index < -0.39 is 17.6 Å². The lowest BCUT2D eigenvalue weighted by Gasteiger charge is -2.34. The maximum atomic E-state index is 14.4. The highest BCUT2D eigenvalue weighted by Crippen LogP contribution is 2.31. The average Bonchev–Trinajstić information content (AvgIpc) is 3.63. The van der Waals surface area contributed by atoms with E-state index in [2.05, 4.69) is 26.1 Å². The van der Waals surface area contributed by atoms with Crippen LogP contribution in [0.3, 0.4) is 0 Å². The highest BCUT2D eigenvalue weighted by molar-refractivity contribution is 6.34. The molecule has 0 spiro atoms. The summed E-state index contributed by atoms with van der Waals surface area (Å²) in [6.45, 7) is 6.83. The van der Waals surface area contributed by atoms with Gasteiger partial charge in [0.25, 0.3) is 11.8 Å². The molecule has 244 valence electrons. The normalized spacial score (nSPS) is 14.0. The van der Waals surface area contributed by atoms with E-state index in [-0.39, 0.29) is 28.3 Å². The summed E-state index contributed by atoms with van der Waals surface area (Å²) in [6, 6.07) is 12.2. The number of carbonyl (C=O) groups is 3. The van der Waals surface area contributed by atoms with Crippen LogP contribution in [0.4, 0.5) is 20.6 Å². The SMILES string of the molecule is COc1ccc2c(C(=O)Nc3ccc(NC(=O)c4nn(C5CCN(C(=O)NC(C)(C)C)CC5)c5ccc(F)cc45)cc3Cl)cnn2c1. The first-order valence-electron chi connectivity index (χ1n) is 15.1. The molecular weight excluding hydrogens is 627 g/mol. The number of ether oxygens (including phenoxy) is 1. The lowest BCUT2D eigenvalue weighted by Crippen LogP contribution is -2.50. The largest absolute Gasteiger partial charge is 0.495 e. The Morgan fingerprint density at radius 1 is 0.979 bits per heavy atom. The number of urea groups is 1. The van der Waals surface area contributed by atoms with Crippen molar-refractivity contribution >= 4 is 57.2 Å². The van der Waals surface area contributed by atoms with Gasteiger partial charge in [-0.1, -0.05) is 11.6 Å². The predicted octanol–water partition coefficient (Wildman–Crippen LogP) is 6.13. The minimum absolute atomic E-state index is 0.0608. The molecule has 3 aromatic heterocycles. The minimum Gasteiger partial charge on any atom is -0.495 e. The summed E-state index contributed by atoms with van der Waals surface area (Å²) in [4.78, 5) is 41.0. The number of amides is 4. The molecule has 6 rings (SSSR count). The number of nitrogens with one attached hydrogen (secondary N) is 3. The monoisotopic (exact) mass is 660 g/mol. The minimum atomic E-state index is -0.545. The van der Waals surface area contributed by atoms with Crippen LogP contribution >= 0.6 is 11.6 Å². The van der Waals surface area contributed by atoms with Crippen LogP contribution < -0.4 is 20.7 Å². The number of benzene rings is 2. The van der Waals surface area contributed by atoms with Crippen LogP contribution in [0.2, 0.25) is 5.02 Å². The number of pyridine rings is 1. The lowest BCUT2D eigenvalue weighted by atomic mass is 10.0. The molecule has 0 atom stereocenters. The Morgan fingerprint density at radius 2 is 1.72 bits per heavy atom. The van der Waals surface area contributed by atoms with Crippen LogP contribution in [0.5, 0.6) is 5.75 Å². The first kappa shape index (κ1) is 31.8. The molecule has 0 radical (unpaired) electrons. The number of carbonyl (C=O) groups excluding carboxylic acids is 3. The Bertz CT molecular complexity index is 2010. The molecule has 0 unspecified atom stereocenters. The number of hydrogen-bond donors (Lipinski definition) is 3. The Balaban J connectivity index is 1.17. The van der Waals surface area contributed by atoms with Gasteiger partial charge in [0.1, 0.15) is 11.6 Å². The molecular formula is C33H34ClFN8O4. The summed E-state index contributed by atoms with van der Waals surface area (Å²) in [5.74, 6) is -0.853. The summed E-state index contributed by atoms with van der Waals surface area (Å²) in [6.07, 6.45) is 4.36. The molecule has 4 amide bonds. The van der Waals surface area contributed by atoms with Crippen LogP contribution in [-0.4, -0.2) is 67.9 Å². The number of aromatic nitrogens is 4. The van der Waals surface area contributed by atoms with Crippen LogP contribution in [0, 0.1) is 5.82 Å². The first-order valence-corrected chi connectivity index (χ1v) is 15.5. The maximum Gasteiger partial charge on any atom is 0.317 e. The van der Waals surface area contributed by atoms with Gasteiger partial charge in [0.2, 0.25) is 0 Å². The van der Waals surface area contributed by atoms with Gasteiger partial charge in [-0.25, -0.2) is 13.7 Å². The van der Waals surface area contributed by atoms with Crippen LogP contribution in [0.15, 0.2) is 60.9 Å². The third-order valence-electron chi connectivity index (χ3n) is 7.91. The summed E-state index contributed by atoms with van der Waals surface area (Å²) < 4.78 is 22.9. The molecule has 2 aromatic carbocycles. The molecule has 14 heteroatoms. The number of rotatable bonds is 6. The van der Waals surface area contributed by atoms with Crippen LogP contribution in [-0.2, 0) is 0 Å². The number of halogens is 2. The summed E-state index contributed by atoms with van der Waals surface area (Å²) in [7, 11) is 1.55. The topological polar surface area (TPSA) is 135 Å². The molecule has 3 N–H and O–H groups in total. The fourth-order valence-electron chi connectivity index (χ4n) is 5.61. The van der Waals surface area contributed by atoms with Crippen LogP contribution in [0.25, 0.3) is 16.4 Å². The van der Waals surface area contributed by atoms with Gasteiger partial charge in [-0.05, 0) is 82.1 Å². The third kappa shape index (κ3) is 6.70. The van der Waals surface area contributed by atoms with Gasteiger partial charge in [-0.3, -0.25) is 14.3 Å². The van der Waals surface area contributed by atoms with E-state index in [0.717, 1.165) is 0 Å². The Morgan fingerprint density at radius 3 is 2.43 bits per heavy atom. The second-order valence-corrected chi connectivity index (χ2v) is 12.8. The predicted molar refractivity (Wildman–Crippen MR) is 177 cm³/mol. The molecule has 0 bridgehead atoms. The zero-order valence-electron chi connectivity index (χ0n) is 26.3. The smallest absolute Gasteiger partial charge is 0.317 e. The number of fused-ring (bicyclic) bond motifs is 2. The fourth-order valence-corrected chi connectivity index (χ4v) is 5.84. The van der Waals surface area contributed by atoms with Crippen molar-refractivity contribution in [3.05, 3.63) is 83.0 Å². The molecule has 1 aliphatic heterocycles. The van der Waals surface area contributed by atoms with E-state index in [0.29, 0.717) is 65.0 Å². The van der Waals surface area contributed by atoms with E-state index in [1.165, 1.54) is 24.4 Å². The van der Waals surface area contributed by atoms with Crippen molar-refractivity contribution in [3.63, 3.8) is 0 Å². The average molecular weight is 661 g/mol. The van der Waals surface area contributed by atoms with Crippen molar-refractivity contribution < 1.29 is 23.5 Å². The van der Waals surface area contributed by atoms with Gasteiger partial charge < -0.3 is 25.6 Å². The molecule has 1 aliphatic rings. The highest BCUT2D eigenvalue weighted by Gasteiger charge is 2.29.